The molecule has 0 aromatic heterocycles. The summed E-state index contributed by atoms with van der Waals surface area (Å²) >= 11 is 0. The summed E-state index contributed by atoms with van der Waals surface area (Å²) in [6, 6.07) is 8.03. The van der Waals surface area contributed by atoms with E-state index in [2.05, 4.69) is 22.5 Å². The van der Waals surface area contributed by atoms with Crippen LogP contribution in [0.3, 0.4) is 0 Å². The van der Waals surface area contributed by atoms with E-state index >= 15 is 0 Å². The highest BCUT2D eigenvalue weighted by atomic mass is 16.5. The molecule has 7 nitrogen and oxygen atoms in total. The van der Waals surface area contributed by atoms with Gasteiger partial charge in [-0.05, 0) is 43.4 Å². The van der Waals surface area contributed by atoms with E-state index in [0.29, 0.717) is 32.1 Å². The van der Waals surface area contributed by atoms with E-state index < -0.39 is 0 Å². The second-order valence-corrected chi connectivity index (χ2v) is 6.96. The molecule has 28 heavy (non-hydrogen) atoms. The van der Waals surface area contributed by atoms with Gasteiger partial charge in [0.05, 0.1) is 13.2 Å². The molecule has 0 unspecified atom stereocenters. The molecule has 1 aliphatic rings. The Bertz CT molecular complexity index is 611. The number of aliphatic imine (C=N–C) groups is 1. The zero-order valence-corrected chi connectivity index (χ0v) is 17.4. The molecule has 2 N–H and O–H groups in total. The van der Waals surface area contributed by atoms with Gasteiger partial charge in [-0.1, -0.05) is 12.1 Å². The Morgan fingerprint density at radius 3 is 2.54 bits per heavy atom. The van der Waals surface area contributed by atoms with Crippen LogP contribution >= 0.6 is 0 Å². The number of hydrogen-bond donors (Lipinski definition) is 2. The summed E-state index contributed by atoms with van der Waals surface area (Å²) in [7, 11) is 3.36. The van der Waals surface area contributed by atoms with Crippen LogP contribution in [-0.2, 0) is 16.1 Å². The smallest absolute Gasteiger partial charge is 0.220 e. The standard InChI is InChI=1S/C21H34N4O3/c1-4-23-21(25-11-9-17(10-12-25)15-20(26)22-2)24-16-18-5-7-19(8-6-18)28-14-13-27-3/h5-8,17H,4,9-16H2,1-3H3,(H,22,26)(H,23,24). The SMILES string of the molecule is CCNC(=NCc1ccc(OCCOC)cc1)N1CCC(CC(=O)NC)CC1. The van der Waals surface area contributed by atoms with E-state index in [1.807, 2.05) is 24.3 Å². The first-order valence-electron chi connectivity index (χ1n) is 10.1. The van der Waals surface area contributed by atoms with Crippen LogP contribution in [0.25, 0.3) is 0 Å². The second-order valence-electron chi connectivity index (χ2n) is 6.96. The van der Waals surface area contributed by atoms with Crippen molar-refractivity contribution >= 4 is 11.9 Å². The maximum atomic E-state index is 11.6. The number of guanidine groups is 1. The Balaban J connectivity index is 1.87. The Morgan fingerprint density at radius 1 is 1.21 bits per heavy atom. The van der Waals surface area contributed by atoms with Gasteiger partial charge in [0.25, 0.3) is 0 Å². The molecular formula is C21H34N4O3. The maximum absolute atomic E-state index is 11.6. The molecular weight excluding hydrogens is 356 g/mol. The molecule has 0 saturated carbocycles. The first-order valence-corrected chi connectivity index (χ1v) is 10.1. The van der Waals surface area contributed by atoms with Crippen molar-refractivity contribution in [1.29, 1.82) is 0 Å². The lowest BCUT2D eigenvalue weighted by Gasteiger charge is -2.34. The number of nitrogens with one attached hydrogen (secondary N) is 2. The summed E-state index contributed by atoms with van der Waals surface area (Å²) < 4.78 is 10.6. The van der Waals surface area contributed by atoms with Gasteiger partial charge in [0.1, 0.15) is 12.4 Å². The van der Waals surface area contributed by atoms with Crippen molar-refractivity contribution < 1.29 is 14.3 Å². The summed E-state index contributed by atoms with van der Waals surface area (Å²) in [4.78, 5) is 18.7. The highest BCUT2D eigenvalue weighted by Crippen LogP contribution is 2.20. The predicted octanol–water partition coefficient (Wildman–Crippen LogP) is 2.03. The maximum Gasteiger partial charge on any atom is 0.220 e. The highest BCUT2D eigenvalue weighted by molar-refractivity contribution is 5.80. The van der Waals surface area contributed by atoms with Crippen molar-refractivity contribution in [1.82, 2.24) is 15.5 Å². The molecule has 7 heteroatoms. The van der Waals surface area contributed by atoms with E-state index in [4.69, 9.17) is 14.5 Å². The van der Waals surface area contributed by atoms with Crippen molar-refractivity contribution in [3.05, 3.63) is 29.8 Å². The number of methoxy groups -OCH3 is 1. The normalized spacial score (nSPS) is 15.4. The lowest BCUT2D eigenvalue weighted by molar-refractivity contribution is -0.121. The van der Waals surface area contributed by atoms with Crippen LogP contribution in [0.15, 0.2) is 29.3 Å². The minimum Gasteiger partial charge on any atom is -0.491 e. The Morgan fingerprint density at radius 2 is 1.93 bits per heavy atom. The number of rotatable bonds is 9. The van der Waals surface area contributed by atoms with Gasteiger partial charge in [0, 0.05) is 40.2 Å². The number of benzene rings is 1. The third-order valence-electron chi connectivity index (χ3n) is 4.89. The quantitative estimate of drug-likeness (QED) is 0.383. The third-order valence-corrected chi connectivity index (χ3v) is 4.89. The van der Waals surface area contributed by atoms with Crippen LogP contribution in [0.2, 0.25) is 0 Å². The van der Waals surface area contributed by atoms with Crippen LogP contribution in [-0.4, -0.2) is 63.8 Å². The zero-order chi connectivity index (χ0) is 20.2. The van der Waals surface area contributed by atoms with Gasteiger partial charge in [0.2, 0.25) is 5.91 Å². The van der Waals surface area contributed by atoms with E-state index in [-0.39, 0.29) is 5.91 Å². The van der Waals surface area contributed by atoms with Crippen molar-refractivity contribution in [2.75, 3.05) is 47.0 Å². The molecule has 0 atom stereocenters. The largest absolute Gasteiger partial charge is 0.491 e. The molecule has 2 rings (SSSR count). The van der Waals surface area contributed by atoms with Crippen molar-refractivity contribution in [3.8, 4) is 5.75 Å². The minimum atomic E-state index is 0.133. The molecule has 1 fully saturated rings. The Hall–Kier alpha value is -2.28. The zero-order valence-electron chi connectivity index (χ0n) is 17.4. The molecule has 0 bridgehead atoms. The van der Waals surface area contributed by atoms with E-state index in [9.17, 15) is 4.79 Å². The van der Waals surface area contributed by atoms with Gasteiger partial charge >= 0.3 is 0 Å². The highest BCUT2D eigenvalue weighted by Gasteiger charge is 2.23. The van der Waals surface area contributed by atoms with Gasteiger partial charge < -0.3 is 25.0 Å². The molecule has 1 aliphatic heterocycles. The fourth-order valence-corrected chi connectivity index (χ4v) is 3.24. The lowest BCUT2D eigenvalue weighted by Crippen LogP contribution is -2.46. The lowest BCUT2D eigenvalue weighted by atomic mass is 9.93. The molecule has 0 spiro atoms. The average Bonchev–Trinajstić information content (AvgIpc) is 2.73. The summed E-state index contributed by atoms with van der Waals surface area (Å²) in [5.41, 5.74) is 1.14. The molecule has 0 radical (unpaired) electrons. The van der Waals surface area contributed by atoms with Crippen molar-refractivity contribution in [2.45, 2.75) is 32.7 Å². The van der Waals surface area contributed by atoms with Gasteiger partial charge in [-0.25, -0.2) is 4.99 Å². The van der Waals surface area contributed by atoms with Gasteiger partial charge in [-0.15, -0.1) is 0 Å². The molecule has 1 amide bonds. The molecule has 1 saturated heterocycles. The Kier molecular flexibility index (Phi) is 9.62. The number of carbonyl (C=O) groups excluding carboxylic acids is 1. The van der Waals surface area contributed by atoms with E-state index in [1.165, 1.54) is 0 Å². The number of hydrogen-bond acceptors (Lipinski definition) is 4. The molecule has 1 aromatic carbocycles. The third kappa shape index (κ3) is 7.38. The first kappa shape index (κ1) is 22.0. The second kappa shape index (κ2) is 12.2. The topological polar surface area (TPSA) is 75.2 Å². The monoisotopic (exact) mass is 390 g/mol. The van der Waals surface area contributed by atoms with Crippen LogP contribution in [0.1, 0.15) is 31.7 Å². The van der Waals surface area contributed by atoms with Crippen LogP contribution in [0.4, 0.5) is 0 Å². The number of likely N-dealkylation sites (tertiary alicyclic amines) is 1. The molecule has 156 valence electrons. The minimum absolute atomic E-state index is 0.133. The van der Waals surface area contributed by atoms with Crippen LogP contribution in [0.5, 0.6) is 5.75 Å². The first-order chi connectivity index (χ1) is 13.7. The van der Waals surface area contributed by atoms with E-state index in [0.717, 1.165) is 49.7 Å². The summed E-state index contributed by atoms with van der Waals surface area (Å²) in [6.45, 7) is 6.54. The number of carbonyl (C=O) groups is 1. The Labute approximate surface area is 168 Å². The summed E-state index contributed by atoms with van der Waals surface area (Å²) in [5.74, 6) is 2.38. The average molecular weight is 391 g/mol. The predicted molar refractivity (Wildman–Crippen MR) is 112 cm³/mol. The van der Waals surface area contributed by atoms with Crippen molar-refractivity contribution in [3.63, 3.8) is 0 Å². The summed E-state index contributed by atoms with van der Waals surface area (Å²) in [6.07, 6.45) is 2.66. The fourth-order valence-electron chi connectivity index (χ4n) is 3.24. The number of ether oxygens (including phenoxy) is 2. The van der Waals surface area contributed by atoms with E-state index in [1.54, 1.807) is 14.2 Å². The van der Waals surface area contributed by atoms with Crippen LogP contribution in [0, 0.1) is 5.92 Å². The van der Waals surface area contributed by atoms with Gasteiger partial charge in [-0.2, -0.15) is 0 Å². The summed E-state index contributed by atoms with van der Waals surface area (Å²) in [5, 5.41) is 6.11. The number of nitrogens with zero attached hydrogens (tertiary/aromatic N) is 2. The fraction of sp³-hybridized carbons (Fsp3) is 0.619. The van der Waals surface area contributed by atoms with Gasteiger partial charge in [-0.3, -0.25) is 4.79 Å². The molecule has 1 heterocycles. The van der Waals surface area contributed by atoms with Crippen molar-refractivity contribution in [2.24, 2.45) is 10.9 Å². The number of piperidine rings is 1. The molecule has 1 aromatic rings. The molecule has 0 aliphatic carbocycles. The van der Waals surface area contributed by atoms with Crippen LogP contribution < -0.4 is 15.4 Å². The van der Waals surface area contributed by atoms with Gasteiger partial charge in [0.15, 0.2) is 5.96 Å². The number of amides is 1.